The lowest BCUT2D eigenvalue weighted by molar-refractivity contribution is -0.133. The molecule has 0 bridgehead atoms. The number of aryl methyl sites for hydroxylation is 1. The van der Waals surface area contributed by atoms with Crippen LogP contribution in [0, 0.1) is 6.92 Å². The Morgan fingerprint density at radius 2 is 1.80 bits per heavy atom. The fourth-order valence-electron chi connectivity index (χ4n) is 2.62. The zero-order valence-electron chi connectivity index (χ0n) is 14.0. The molecule has 1 aromatic carbocycles. The molecule has 1 saturated heterocycles. The van der Waals surface area contributed by atoms with E-state index in [1.807, 2.05) is 31.2 Å². The van der Waals surface area contributed by atoms with Crippen LogP contribution in [-0.4, -0.2) is 43.1 Å². The van der Waals surface area contributed by atoms with Crippen molar-refractivity contribution in [2.24, 2.45) is 0 Å². The number of morpholine rings is 1. The maximum atomic E-state index is 12.2. The summed E-state index contributed by atoms with van der Waals surface area (Å²) in [4.78, 5) is 30.5. The van der Waals surface area contributed by atoms with Crippen LogP contribution in [0.1, 0.15) is 5.56 Å². The minimum Gasteiger partial charge on any atom is -0.378 e. The second-order valence-electron chi connectivity index (χ2n) is 5.74. The fourth-order valence-corrected chi connectivity index (χ4v) is 2.62. The van der Waals surface area contributed by atoms with Crippen LogP contribution in [0.4, 0.5) is 17.2 Å². The van der Waals surface area contributed by atoms with Gasteiger partial charge in [-0.15, -0.1) is 0 Å². The summed E-state index contributed by atoms with van der Waals surface area (Å²) < 4.78 is 5.36. The number of para-hydroxylation sites is 2. The number of anilines is 3. The minimum absolute atomic E-state index is 0.349. The molecule has 7 heteroatoms. The van der Waals surface area contributed by atoms with Gasteiger partial charge in [0, 0.05) is 19.3 Å². The molecule has 0 spiro atoms. The first-order valence-corrected chi connectivity index (χ1v) is 8.10. The Kier molecular flexibility index (Phi) is 5.25. The Hall–Kier alpha value is -2.93. The van der Waals surface area contributed by atoms with Gasteiger partial charge in [0.1, 0.15) is 5.82 Å². The second-order valence-corrected chi connectivity index (χ2v) is 5.74. The highest BCUT2D eigenvalue weighted by Crippen LogP contribution is 2.26. The molecule has 1 aliphatic heterocycles. The Morgan fingerprint density at radius 1 is 1.08 bits per heavy atom. The smallest absolute Gasteiger partial charge is 0.315 e. The van der Waals surface area contributed by atoms with E-state index in [2.05, 4.69) is 20.5 Å². The number of rotatable bonds is 3. The molecule has 1 aliphatic rings. The van der Waals surface area contributed by atoms with Gasteiger partial charge in [-0.3, -0.25) is 9.59 Å². The van der Waals surface area contributed by atoms with E-state index in [0.717, 1.165) is 24.3 Å². The first-order valence-electron chi connectivity index (χ1n) is 8.10. The highest BCUT2D eigenvalue weighted by Gasteiger charge is 2.19. The molecule has 25 heavy (non-hydrogen) atoms. The van der Waals surface area contributed by atoms with Crippen molar-refractivity contribution in [1.29, 1.82) is 0 Å². The summed E-state index contributed by atoms with van der Waals surface area (Å²) in [6.45, 7) is 4.65. The van der Waals surface area contributed by atoms with Gasteiger partial charge >= 0.3 is 11.8 Å². The summed E-state index contributed by atoms with van der Waals surface area (Å²) in [6.07, 6.45) is 1.58. The molecular weight excluding hydrogens is 320 g/mol. The van der Waals surface area contributed by atoms with Crippen molar-refractivity contribution in [3.8, 4) is 0 Å². The molecule has 0 saturated carbocycles. The van der Waals surface area contributed by atoms with Crippen molar-refractivity contribution in [2.75, 3.05) is 41.8 Å². The average Bonchev–Trinajstić information content (AvgIpc) is 2.63. The average molecular weight is 340 g/mol. The number of aromatic nitrogens is 1. The van der Waals surface area contributed by atoms with E-state index in [0.29, 0.717) is 24.7 Å². The third-order valence-corrected chi connectivity index (χ3v) is 3.87. The van der Waals surface area contributed by atoms with E-state index in [-0.39, 0.29) is 0 Å². The number of nitrogens with zero attached hydrogens (tertiary/aromatic N) is 2. The number of amides is 2. The molecule has 3 rings (SSSR count). The number of nitrogens with one attached hydrogen (secondary N) is 2. The van der Waals surface area contributed by atoms with Crippen molar-refractivity contribution in [1.82, 2.24) is 4.98 Å². The third-order valence-electron chi connectivity index (χ3n) is 3.87. The topological polar surface area (TPSA) is 83.6 Å². The predicted octanol–water partition coefficient (Wildman–Crippen LogP) is 1.80. The Morgan fingerprint density at radius 3 is 2.56 bits per heavy atom. The largest absolute Gasteiger partial charge is 0.378 e. The van der Waals surface area contributed by atoms with Crippen LogP contribution < -0.4 is 15.5 Å². The van der Waals surface area contributed by atoms with Gasteiger partial charge in [0.2, 0.25) is 0 Å². The molecule has 0 radical (unpaired) electrons. The first kappa shape index (κ1) is 16.9. The number of pyridine rings is 1. The summed E-state index contributed by atoms with van der Waals surface area (Å²) in [5.41, 5.74) is 2.42. The van der Waals surface area contributed by atoms with E-state index >= 15 is 0 Å². The number of benzene rings is 1. The van der Waals surface area contributed by atoms with Gasteiger partial charge in [-0.05, 0) is 36.8 Å². The molecular formula is C18H20N4O3. The summed E-state index contributed by atoms with van der Waals surface area (Å²) in [5.74, 6) is -1.14. The van der Waals surface area contributed by atoms with Crippen molar-refractivity contribution >= 4 is 29.0 Å². The van der Waals surface area contributed by atoms with Crippen LogP contribution in [0.3, 0.4) is 0 Å². The maximum Gasteiger partial charge on any atom is 0.315 e. The molecule has 1 fully saturated rings. The zero-order chi connectivity index (χ0) is 17.6. The zero-order valence-corrected chi connectivity index (χ0v) is 14.0. The van der Waals surface area contributed by atoms with Gasteiger partial charge in [0.15, 0.2) is 0 Å². The summed E-state index contributed by atoms with van der Waals surface area (Å²) >= 11 is 0. The normalized spacial score (nSPS) is 14.0. The van der Waals surface area contributed by atoms with Crippen LogP contribution in [0.2, 0.25) is 0 Å². The highest BCUT2D eigenvalue weighted by molar-refractivity contribution is 6.43. The van der Waals surface area contributed by atoms with Crippen LogP contribution >= 0.6 is 0 Å². The van der Waals surface area contributed by atoms with Crippen molar-refractivity contribution < 1.29 is 14.3 Å². The maximum absolute atomic E-state index is 12.2. The third kappa shape index (κ3) is 4.33. The molecule has 1 aromatic heterocycles. The molecule has 7 nitrogen and oxygen atoms in total. The number of hydrogen-bond donors (Lipinski definition) is 2. The van der Waals surface area contributed by atoms with E-state index in [1.165, 1.54) is 0 Å². The van der Waals surface area contributed by atoms with Crippen molar-refractivity contribution in [3.63, 3.8) is 0 Å². The monoisotopic (exact) mass is 340 g/mol. The van der Waals surface area contributed by atoms with Crippen LogP contribution in [0.5, 0.6) is 0 Å². The van der Waals surface area contributed by atoms with Crippen molar-refractivity contribution in [2.45, 2.75) is 6.92 Å². The number of carbonyl (C=O) groups is 2. The molecule has 2 aromatic rings. The molecule has 0 atom stereocenters. The SMILES string of the molecule is Cc1ccnc(NC(=O)C(=O)Nc2ccccc2N2CCOCC2)c1. The first-order chi connectivity index (χ1) is 12.1. The molecule has 2 N–H and O–H groups in total. The fraction of sp³-hybridized carbons (Fsp3) is 0.278. The van der Waals surface area contributed by atoms with E-state index in [4.69, 9.17) is 4.74 Å². The van der Waals surface area contributed by atoms with Gasteiger partial charge in [0.25, 0.3) is 0 Å². The van der Waals surface area contributed by atoms with E-state index in [9.17, 15) is 9.59 Å². The van der Waals surface area contributed by atoms with Gasteiger partial charge < -0.3 is 20.3 Å². The number of carbonyl (C=O) groups excluding carboxylic acids is 2. The van der Waals surface area contributed by atoms with Gasteiger partial charge in [-0.25, -0.2) is 4.98 Å². The Labute approximate surface area is 146 Å². The Balaban J connectivity index is 1.69. The second kappa shape index (κ2) is 7.76. The number of ether oxygens (including phenoxy) is 1. The summed E-state index contributed by atoms with van der Waals surface area (Å²) in [7, 11) is 0. The predicted molar refractivity (Wildman–Crippen MR) is 95.7 cm³/mol. The van der Waals surface area contributed by atoms with Gasteiger partial charge in [0.05, 0.1) is 24.6 Å². The minimum atomic E-state index is -0.755. The van der Waals surface area contributed by atoms with Gasteiger partial charge in [-0.2, -0.15) is 0 Å². The van der Waals surface area contributed by atoms with Crippen molar-refractivity contribution in [3.05, 3.63) is 48.2 Å². The standard InChI is InChI=1S/C18H20N4O3/c1-13-6-7-19-16(12-13)21-18(24)17(23)20-14-4-2-3-5-15(14)22-8-10-25-11-9-22/h2-7,12H,8-11H2,1H3,(H,20,23)(H,19,21,24). The molecule has 130 valence electrons. The summed E-state index contributed by atoms with van der Waals surface area (Å²) in [5, 5.41) is 5.19. The lowest BCUT2D eigenvalue weighted by Crippen LogP contribution is -2.37. The van der Waals surface area contributed by atoms with Crippen LogP contribution in [0.25, 0.3) is 0 Å². The number of hydrogen-bond acceptors (Lipinski definition) is 5. The highest BCUT2D eigenvalue weighted by atomic mass is 16.5. The molecule has 2 amide bonds. The Bertz CT molecular complexity index is 772. The van der Waals surface area contributed by atoms with Gasteiger partial charge in [-0.1, -0.05) is 12.1 Å². The van der Waals surface area contributed by atoms with E-state index < -0.39 is 11.8 Å². The lowest BCUT2D eigenvalue weighted by atomic mass is 10.2. The summed E-state index contributed by atoms with van der Waals surface area (Å²) in [6, 6.07) is 10.9. The molecule has 0 unspecified atom stereocenters. The lowest BCUT2D eigenvalue weighted by Gasteiger charge is -2.30. The van der Waals surface area contributed by atoms with E-state index in [1.54, 1.807) is 18.3 Å². The quantitative estimate of drug-likeness (QED) is 0.833. The molecule has 2 heterocycles. The van der Waals surface area contributed by atoms with Crippen LogP contribution in [0.15, 0.2) is 42.6 Å². The molecule has 0 aliphatic carbocycles. The van der Waals surface area contributed by atoms with Crippen LogP contribution in [-0.2, 0) is 14.3 Å².